The van der Waals surface area contributed by atoms with Gasteiger partial charge in [-0.1, -0.05) is 12.1 Å². The molecule has 0 saturated carbocycles. The molecule has 0 unspecified atom stereocenters. The molecule has 0 aliphatic heterocycles. The topological polar surface area (TPSA) is 47.6 Å². The zero-order chi connectivity index (χ0) is 17.7. The Hall–Kier alpha value is -2.70. The lowest BCUT2D eigenvalue weighted by Crippen LogP contribution is -2.08. The van der Waals surface area contributed by atoms with Gasteiger partial charge in [-0.2, -0.15) is 13.2 Å². The highest BCUT2D eigenvalue weighted by atomic mass is 19.4. The summed E-state index contributed by atoms with van der Waals surface area (Å²) in [6.07, 6.45) is -4.43. The largest absolute Gasteiger partial charge is 0.495 e. The van der Waals surface area contributed by atoms with E-state index < -0.39 is 17.7 Å². The van der Waals surface area contributed by atoms with Crippen molar-refractivity contribution in [1.82, 2.24) is 0 Å². The van der Waals surface area contributed by atoms with Gasteiger partial charge in [-0.25, -0.2) is 4.79 Å². The van der Waals surface area contributed by atoms with E-state index in [1.807, 2.05) is 0 Å². The third-order valence-electron chi connectivity index (χ3n) is 3.38. The minimum atomic E-state index is -4.43. The lowest BCUT2D eigenvalue weighted by Gasteiger charge is -2.14. The van der Waals surface area contributed by atoms with Crippen molar-refractivity contribution in [2.24, 2.45) is 0 Å². The van der Waals surface area contributed by atoms with Crippen molar-refractivity contribution in [3.05, 3.63) is 59.2 Å². The Kier molecular flexibility index (Phi) is 5.33. The predicted octanol–water partition coefficient (Wildman–Crippen LogP) is 4.11. The number of hydrogen-bond donors (Lipinski definition) is 1. The number of hydrogen-bond acceptors (Lipinski definition) is 4. The number of nitrogens with one attached hydrogen (secondary N) is 1. The van der Waals surface area contributed by atoms with Crippen molar-refractivity contribution in [3.63, 3.8) is 0 Å². The van der Waals surface area contributed by atoms with Crippen molar-refractivity contribution in [2.75, 3.05) is 19.5 Å². The second kappa shape index (κ2) is 7.25. The molecule has 0 atom stereocenters. The Morgan fingerprint density at radius 2 is 1.75 bits per heavy atom. The number of rotatable bonds is 5. The molecule has 2 aromatic rings. The maximum Gasteiger partial charge on any atom is 0.416 e. The van der Waals surface area contributed by atoms with Crippen LogP contribution in [-0.2, 0) is 17.5 Å². The number of esters is 1. The number of methoxy groups -OCH3 is 2. The van der Waals surface area contributed by atoms with Crippen molar-refractivity contribution in [1.29, 1.82) is 0 Å². The lowest BCUT2D eigenvalue weighted by molar-refractivity contribution is -0.137. The molecule has 24 heavy (non-hydrogen) atoms. The first kappa shape index (κ1) is 17.7. The second-order valence-electron chi connectivity index (χ2n) is 4.95. The number of ether oxygens (including phenoxy) is 2. The molecule has 0 bridgehead atoms. The summed E-state index contributed by atoms with van der Waals surface area (Å²) < 4.78 is 48.1. The maximum atomic E-state index is 12.8. The summed E-state index contributed by atoms with van der Waals surface area (Å²) in [5, 5.41) is 2.91. The van der Waals surface area contributed by atoms with Crippen LogP contribution in [0.25, 0.3) is 0 Å². The summed E-state index contributed by atoms with van der Waals surface area (Å²) in [7, 11) is 2.68. The van der Waals surface area contributed by atoms with Gasteiger partial charge in [0.2, 0.25) is 0 Å². The summed E-state index contributed by atoms with van der Waals surface area (Å²) in [6, 6.07) is 9.80. The minimum absolute atomic E-state index is 0.240. The predicted molar refractivity (Wildman–Crippen MR) is 83.1 cm³/mol. The Bertz CT molecular complexity index is 712. The van der Waals surface area contributed by atoms with Gasteiger partial charge in [0.1, 0.15) is 5.75 Å². The number of benzene rings is 2. The van der Waals surface area contributed by atoms with Crippen molar-refractivity contribution < 1.29 is 27.4 Å². The molecule has 2 aromatic carbocycles. The molecule has 128 valence electrons. The van der Waals surface area contributed by atoms with Crippen LogP contribution in [0.5, 0.6) is 5.75 Å². The Labute approximate surface area is 137 Å². The van der Waals surface area contributed by atoms with Crippen LogP contribution in [0, 0.1) is 0 Å². The first-order valence-electron chi connectivity index (χ1n) is 7.01. The van der Waals surface area contributed by atoms with Gasteiger partial charge in [-0.15, -0.1) is 0 Å². The number of halogens is 3. The molecule has 0 amide bonds. The summed E-state index contributed by atoms with van der Waals surface area (Å²) in [6.45, 7) is 0.277. The van der Waals surface area contributed by atoms with Crippen LogP contribution in [-0.4, -0.2) is 20.2 Å². The van der Waals surface area contributed by atoms with Gasteiger partial charge in [-0.05, 0) is 35.9 Å². The summed E-state index contributed by atoms with van der Waals surface area (Å²) in [4.78, 5) is 11.4. The average Bonchev–Trinajstić information content (AvgIpc) is 2.58. The number of carbonyl (C=O) groups is 1. The quantitative estimate of drug-likeness (QED) is 0.833. The SMILES string of the molecule is COC(=O)c1ccc(CNc2cc(C(F)(F)F)ccc2OC)cc1. The van der Waals surface area contributed by atoms with Crippen LogP contribution in [0.1, 0.15) is 21.5 Å². The van der Waals surface area contributed by atoms with E-state index in [2.05, 4.69) is 10.1 Å². The summed E-state index contributed by atoms with van der Waals surface area (Å²) in [5.74, 6) is -0.136. The number of carbonyl (C=O) groups excluding carboxylic acids is 1. The fourth-order valence-corrected chi connectivity index (χ4v) is 2.10. The highest BCUT2D eigenvalue weighted by Crippen LogP contribution is 2.35. The fraction of sp³-hybridized carbons (Fsp3) is 0.235. The third-order valence-corrected chi connectivity index (χ3v) is 3.38. The molecule has 0 fully saturated rings. The Morgan fingerprint density at radius 1 is 1.08 bits per heavy atom. The van der Waals surface area contributed by atoms with E-state index in [0.29, 0.717) is 11.3 Å². The van der Waals surface area contributed by atoms with Gasteiger partial charge < -0.3 is 14.8 Å². The van der Waals surface area contributed by atoms with E-state index in [1.165, 1.54) is 20.3 Å². The monoisotopic (exact) mass is 339 g/mol. The van der Waals surface area contributed by atoms with Crippen LogP contribution in [0.4, 0.5) is 18.9 Å². The zero-order valence-corrected chi connectivity index (χ0v) is 13.1. The van der Waals surface area contributed by atoms with Gasteiger partial charge in [0.15, 0.2) is 0 Å². The fourth-order valence-electron chi connectivity index (χ4n) is 2.10. The molecule has 0 radical (unpaired) electrons. The van der Waals surface area contributed by atoms with E-state index in [-0.39, 0.29) is 12.2 Å². The molecule has 1 N–H and O–H groups in total. The van der Waals surface area contributed by atoms with Crippen LogP contribution >= 0.6 is 0 Å². The van der Waals surface area contributed by atoms with Gasteiger partial charge >= 0.3 is 12.1 Å². The van der Waals surface area contributed by atoms with Crippen LogP contribution in [0.2, 0.25) is 0 Å². The molecule has 4 nitrogen and oxygen atoms in total. The van der Waals surface area contributed by atoms with Crippen molar-refractivity contribution >= 4 is 11.7 Å². The van der Waals surface area contributed by atoms with E-state index >= 15 is 0 Å². The van der Waals surface area contributed by atoms with Crippen LogP contribution in [0.3, 0.4) is 0 Å². The van der Waals surface area contributed by atoms with Crippen LogP contribution in [0.15, 0.2) is 42.5 Å². The first-order chi connectivity index (χ1) is 11.3. The standard InChI is InChI=1S/C17H16F3NO3/c1-23-15-8-7-13(17(18,19)20)9-14(15)21-10-11-3-5-12(6-4-11)16(22)24-2/h3-9,21H,10H2,1-2H3. The van der Waals surface area contributed by atoms with E-state index in [9.17, 15) is 18.0 Å². The summed E-state index contributed by atoms with van der Waals surface area (Å²) >= 11 is 0. The summed E-state index contributed by atoms with van der Waals surface area (Å²) in [5.41, 5.74) is 0.677. The second-order valence-corrected chi connectivity index (χ2v) is 4.95. The van der Waals surface area contributed by atoms with Gasteiger partial charge in [0.25, 0.3) is 0 Å². The molecule has 7 heteroatoms. The number of anilines is 1. The van der Waals surface area contributed by atoms with Crippen molar-refractivity contribution in [3.8, 4) is 5.75 Å². The van der Waals surface area contributed by atoms with E-state index in [4.69, 9.17) is 4.74 Å². The molecule has 0 aromatic heterocycles. The maximum absolute atomic E-state index is 12.8. The normalized spacial score (nSPS) is 11.0. The highest BCUT2D eigenvalue weighted by molar-refractivity contribution is 5.89. The molecular formula is C17H16F3NO3. The van der Waals surface area contributed by atoms with Gasteiger partial charge in [-0.3, -0.25) is 0 Å². The first-order valence-corrected chi connectivity index (χ1v) is 7.01. The molecule has 0 aliphatic carbocycles. The minimum Gasteiger partial charge on any atom is -0.495 e. The molecule has 0 aliphatic rings. The third kappa shape index (κ3) is 4.18. The highest BCUT2D eigenvalue weighted by Gasteiger charge is 2.31. The molecule has 0 spiro atoms. The molecule has 2 rings (SSSR count). The van der Waals surface area contributed by atoms with Gasteiger partial charge in [0.05, 0.1) is 31.0 Å². The van der Waals surface area contributed by atoms with E-state index in [0.717, 1.165) is 17.7 Å². The van der Waals surface area contributed by atoms with Crippen molar-refractivity contribution in [2.45, 2.75) is 12.7 Å². The lowest BCUT2D eigenvalue weighted by atomic mass is 10.1. The Balaban J connectivity index is 2.14. The van der Waals surface area contributed by atoms with Crippen LogP contribution < -0.4 is 10.1 Å². The number of alkyl halides is 3. The van der Waals surface area contributed by atoms with E-state index in [1.54, 1.807) is 24.3 Å². The smallest absolute Gasteiger partial charge is 0.416 e. The molecular weight excluding hydrogens is 323 g/mol. The molecule has 0 saturated heterocycles. The van der Waals surface area contributed by atoms with Gasteiger partial charge in [0, 0.05) is 6.54 Å². The average molecular weight is 339 g/mol. The molecule has 0 heterocycles. The Morgan fingerprint density at radius 3 is 2.29 bits per heavy atom. The zero-order valence-electron chi connectivity index (χ0n) is 13.1.